The van der Waals surface area contributed by atoms with E-state index < -0.39 is 0 Å². The first kappa shape index (κ1) is 14.0. The van der Waals surface area contributed by atoms with Gasteiger partial charge in [0.15, 0.2) is 0 Å². The van der Waals surface area contributed by atoms with E-state index in [0.29, 0.717) is 5.92 Å². The zero-order valence-corrected chi connectivity index (χ0v) is 12.3. The molecule has 1 aliphatic heterocycles. The monoisotopic (exact) mass is 283 g/mol. The summed E-state index contributed by atoms with van der Waals surface area (Å²) in [6.45, 7) is 0.775. The van der Waals surface area contributed by atoms with E-state index >= 15 is 0 Å². The number of hydrogen-bond acceptors (Lipinski definition) is 3. The highest BCUT2D eigenvalue weighted by Gasteiger charge is 2.23. The van der Waals surface area contributed by atoms with Crippen molar-refractivity contribution in [2.75, 3.05) is 13.7 Å². The Morgan fingerprint density at radius 2 is 1.95 bits per heavy atom. The van der Waals surface area contributed by atoms with Gasteiger partial charge in [-0.15, -0.1) is 0 Å². The number of rotatable bonds is 4. The molecule has 2 aromatic carbocycles. The van der Waals surface area contributed by atoms with E-state index in [-0.39, 0.29) is 6.04 Å². The number of fused-ring (bicyclic) bond motifs is 1. The Labute approximate surface area is 125 Å². The number of para-hydroxylation sites is 1. The van der Waals surface area contributed by atoms with Crippen molar-refractivity contribution in [1.29, 1.82) is 0 Å². The zero-order valence-electron chi connectivity index (χ0n) is 12.3. The predicted octanol–water partition coefficient (Wildman–Crippen LogP) is 3.65. The third-order valence-electron chi connectivity index (χ3n) is 4.17. The van der Waals surface area contributed by atoms with Gasteiger partial charge in [0.25, 0.3) is 0 Å². The first-order valence-electron chi connectivity index (χ1n) is 7.39. The SMILES string of the molecule is COc1ccc(C(N)CC2CCOc3ccccc32)cc1. The smallest absolute Gasteiger partial charge is 0.122 e. The van der Waals surface area contributed by atoms with E-state index in [0.717, 1.165) is 36.5 Å². The van der Waals surface area contributed by atoms with Crippen LogP contribution >= 0.6 is 0 Å². The van der Waals surface area contributed by atoms with Gasteiger partial charge in [0.1, 0.15) is 11.5 Å². The molecule has 2 N–H and O–H groups in total. The highest BCUT2D eigenvalue weighted by molar-refractivity contribution is 5.38. The molecule has 3 rings (SSSR count). The van der Waals surface area contributed by atoms with Gasteiger partial charge in [0.05, 0.1) is 13.7 Å². The fourth-order valence-electron chi connectivity index (χ4n) is 2.95. The van der Waals surface area contributed by atoms with Crippen LogP contribution in [-0.4, -0.2) is 13.7 Å². The zero-order chi connectivity index (χ0) is 14.7. The summed E-state index contributed by atoms with van der Waals surface area (Å²) in [5.74, 6) is 2.34. The Bertz CT molecular complexity index is 594. The third kappa shape index (κ3) is 3.03. The van der Waals surface area contributed by atoms with Crippen LogP contribution in [0.2, 0.25) is 0 Å². The highest BCUT2D eigenvalue weighted by atomic mass is 16.5. The van der Waals surface area contributed by atoms with Crippen molar-refractivity contribution in [3.63, 3.8) is 0 Å². The summed E-state index contributed by atoms with van der Waals surface area (Å²) in [5, 5.41) is 0. The normalized spacial score (nSPS) is 18.5. The summed E-state index contributed by atoms with van der Waals surface area (Å²) in [6.07, 6.45) is 1.97. The van der Waals surface area contributed by atoms with Crippen LogP contribution in [0.15, 0.2) is 48.5 Å². The second kappa shape index (κ2) is 6.19. The van der Waals surface area contributed by atoms with Crippen LogP contribution in [0.5, 0.6) is 11.5 Å². The van der Waals surface area contributed by atoms with Crippen molar-refractivity contribution >= 4 is 0 Å². The molecule has 0 fully saturated rings. The fraction of sp³-hybridized carbons (Fsp3) is 0.333. The molecule has 3 heteroatoms. The third-order valence-corrected chi connectivity index (χ3v) is 4.17. The minimum absolute atomic E-state index is 0.0343. The minimum Gasteiger partial charge on any atom is -0.497 e. The van der Waals surface area contributed by atoms with Crippen molar-refractivity contribution < 1.29 is 9.47 Å². The van der Waals surface area contributed by atoms with Crippen LogP contribution in [0, 0.1) is 0 Å². The molecule has 0 radical (unpaired) electrons. The lowest BCUT2D eigenvalue weighted by molar-refractivity contribution is 0.259. The molecular weight excluding hydrogens is 262 g/mol. The maximum atomic E-state index is 6.39. The number of ether oxygens (including phenoxy) is 2. The number of benzene rings is 2. The van der Waals surface area contributed by atoms with E-state index in [4.69, 9.17) is 15.2 Å². The molecule has 2 unspecified atom stereocenters. The summed E-state index contributed by atoms with van der Waals surface area (Å²) >= 11 is 0. The molecule has 0 saturated heterocycles. The number of nitrogens with two attached hydrogens (primary N) is 1. The van der Waals surface area contributed by atoms with Crippen LogP contribution in [0.4, 0.5) is 0 Å². The Morgan fingerprint density at radius 3 is 2.71 bits per heavy atom. The molecular formula is C18H21NO2. The lowest BCUT2D eigenvalue weighted by Crippen LogP contribution is -2.20. The van der Waals surface area contributed by atoms with Gasteiger partial charge in [-0.1, -0.05) is 30.3 Å². The maximum absolute atomic E-state index is 6.39. The van der Waals surface area contributed by atoms with Crippen molar-refractivity contribution in [2.45, 2.75) is 24.8 Å². The van der Waals surface area contributed by atoms with Gasteiger partial charge in [-0.05, 0) is 48.1 Å². The molecule has 110 valence electrons. The molecule has 0 saturated carbocycles. The molecule has 21 heavy (non-hydrogen) atoms. The lowest BCUT2D eigenvalue weighted by Gasteiger charge is -2.28. The largest absolute Gasteiger partial charge is 0.497 e. The summed E-state index contributed by atoms with van der Waals surface area (Å²) < 4.78 is 10.9. The van der Waals surface area contributed by atoms with Crippen LogP contribution in [-0.2, 0) is 0 Å². The van der Waals surface area contributed by atoms with Crippen molar-refractivity contribution in [3.8, 4) is 11.5 Å². The van der Waals surface area contributed by atoms with E-state index in [2.05, 4.69) is 24.3 Å². The number of methoxy groups -OCH3 is 1. The van der Waals surface area contributed by atoms with E-state index in [1.165, 1.54) is 5.56 Å². The number of hydrogen-bond donors (Lipinski definition) is 1. The van der Waals surface area contributed by atoms with Gasteiger partial charge in [0, 0.05) is 6.04 Å². The average Bonchev–Trinajstić information content (AvgIpc) is 2.55. The summed E-state index contributed by atoms with van der Waals surface area (Å²) in [6, 6.07) is 16.3. The van der Waals surface area contributed by atoms with E-state index in [1.807, 2.05) is 24.3 Å². The summed E-state index contributed by atoms with van der Waals surface area (Å²) in [5.41, 5.74) is 8.83. The van der Waals surface area contributed by atoms with E-state index in [1.54, 1.807) is 7.11 Å². The van der Waals surface area contributed by atoms with Crippen molar-refractivity contribution in [2.24, 2.45) is 5.73 Å². The summed E-state index contributed by atoms with van der Waals surface area (Å²) in [7, 11) is 1.67. The fourth-order valence-corrected chi connectivity index (χ4v) is 2.95. The second-order valence-electron chi connectivity index (χ2n) is 5.49. The van der Waals surface area contributed by atoms with Gasteiger partial charge in [0.2, 0.25) is 0 Å². The molecule has 0 aliphatic carbocycles. The second-order valence-corrected chi connectivity index (χ2v) is 5.49. The Hall–Kier alpha value is -2.00. The van der Waals surface area contributed by atoms with Crippen molar-refractivity contribution in [1.82, 2.24) is 0 Å². The van der Waals surface area contributed by atoms with E-state index in [9.17, 15) is 0 Å². The molecule has 0 bridgehead atoms. The molecule has 0 amide bonds. The van der Waals surface area contributed by atoms with Crippen LogP contribution in [0.25, 0.3) is 0 Å². The van der Waals surface area contributed by atoms with Gasteiger partial charge in [-0.2, -0.15) is 0 Å². The average molecular weight is 283 g/mol. The van der Waals surface area contributed by atoms with Gasteiger partial charge >= 0.3 is 0 Å². The first-order chi connectivity index (χ1) is 10.3. The Balaban J connectivity index is 1.74. The first-order valence-corrected chi connectivity index (χ1v) is 7.39. The summed E-state index contributed by atoms with van der Waals surface area (Å²) in [4.78, 5) is 0. The molecule has 1 aliphatic rings. The van der Waals surface area contributed by atoms with Crippen LogP contribution < -0.4 is 15.2 Å². The van der Waals surface area contributed by atoms with Gasteiger partial charge < -0.3 is 15.2 Å². The highest BCUT2D eigenvalue weighted by Crippen LogP contribution is 2.38. The minimum atomic E-state index is 0.0343. The molecule has 0 aromatic heterocycles. The molecule has 2 aromatic rings. The molecule has 3 nitrogen and oxygen atoms in total. The predicted molar refractivity (Wildman–Crippen MR) is 83.8 cm³/mol. The Kier molecular flexibility index (Phi) is 4.11. The Morgan fingerprint density at radius 1 is 1.19 bits per heavy atom. The van der Waals surface area contributed by atoms with Gasteiger partial charge in [-0.25, -0.2) is 0 Å². The molecule has 1 heterocycles. The van der Waals surface area contributed by atoms with Crippen molar-refractivity contribution in [3.05, 3.63) is 59.7 Å². The quantitative estimate of drug-likeness (QED) is 0.931. The molecule has 0 spiro atoms. The maximum Gasteiger partial charge on any atom is 0.122 e. The lowest BCUT2D eigenvalue weighted by atomic mass is 9.86. The van der Waals surface area contributed by atoms with Crippen LogP contribution in [0.1, 0.15) is 35.9 Å². The van der Waals surface area contributed by atoms with Crippen LogP contribution in [0.3, 0.4) is 0 Å². The molecule has 2 atom stereocenters. The topological polar surface area (TPSA) is 44.5 Å². The standard InChI is InChI=1S/C18H21NO2/c1-20-15-8-6-13(7-9-15)17(19)12-14-10-11-21-18-5-3-2-4-16(14)18/h2-9,14,17H,10-12,19H2,1H3. The van der Waals surface area contributed by atoms with Gasteiger partial charge in [-0.3, -0.25) is 0 Å².